The molecule has 0 unspecified atom stereocenters. The fourth-order valence-electron chi connectivity index (χ4n) is 0.527. The summed E-state index contributed by atoms with van der Waals surface area (Å²) < 4.78 is 3.77. The van der Waals surface area contributed by atoms with E-state index in [1.807, 2.05) is 6.92 Å². The van der Waals surface area contributed by atoms with Gasteiger partial charge < -0.3 is 5.73 Å². The number of rotatable bonds is 2. The lowest BCUT2D eigenvalue weighted by Crippen LogP contribution is -2.03. The molecule has 0 aliphatic carbocycles. The predicted octanol–water partition coefficient (Wildman–Crippen LogP) is 0.973. The average molecular weight is 188 g/mol. The number of nitrogens with zero attached hydrogens (tertiary/aromatic N) is 2. The fourth-order valence-corrected chi connectivity index (χ4v) is 1.84. The molecule has 0 saturated heterocycles. The molecule has 3 N–H and O–H groups in total. The highest BCUT2D eigenvalue weighted by Gasteiger charge is 2.02. The van der Waals surface area contributed by atoms with Crippen molar-refractivity contribution in [1.82, 2.24) is 9.59 Å². The van der Waals surface area contributed by atoms with E-state index >= 15 is 0 Å². The van der Waals surface area contributed by atoms with E-state index in [9.17, 15) is 0 Å². The van der Waals surface area contributed by atoms with Gasteiger partial charge in [0.15, 0.2) is 5.17 Å². The van der Waals surface area contributed by atoms with Gasteiger partial charge in [0.2, 0.25) is 0 Å². The smallest absolute Gasteiger partial charge is 0.151 e. The summed E-state index contributed by atoms with van der Waals surface area (Å²) in [7, 11) is 0. The van der Waals surface area contributed by atoms with Gasteiger partial charge in [-0.2, -0.15) is 0 Å². The number of nitrogens with two attached hydrogens (primary N) is 1. The topological polar surface area (TPSA) is 75.7 Å². The van der Waals surface area contributed by atoms with Crippen molar-refractivity contribution in [3.8, 4) is 0 Å². The highest BCUT2D eigenvalue weighted by molar-refractivity contribution is 8.13. The van der Waals surface area contributed by atoms with Crippen molar-refractivity contribution in [3.05, 3.63) is 10.6 Å². The van der Waals surface area contributed by atoms with Gasteiger partial charge in [-0.15, -0.1) is 5.10 Å². The Balaban J connectivity index is 2.51. The predicted molar refractivity (Wildman–Crippen MR) is 47.9 cm³/mol. The van der Waals surface area contributed by atoms with Crippen LogP contribution in [-0.2, 0) is 5.75 Å². The lowest BCUT2D eigenvalue weighted by molar-refractivity contribution is 1.08. The van der Waals surface area contributed by atoms with Crippen molar-refractivity contribution in [1.29, 1.82) is 5.41 Å². The van der Waals surface area contributed by atoms with E-state index in [0.717, 1.165) is 10.6 Å². The van der Waals surface area contributed by atoms with Crippen LogP contribution in [0.5, 0.6) is 0 Å². The monoisotopic (exact) mass is 188 g/mol. The molecule has 0 bridgehead atoms. The molecule has 0 aromatic carbocycles. The van der Waals surface area contributed by atoms with E-state index in [-0.39, 0.29) is 5.17 Å². The SMILES string of the molecule is Cc1nnsc1CSC(=N)N. The minimum Gasteiger partial charge on any atom is -0.379 e. The lowest BCUT2D eigenvalue weighted by Gasteiger charge is -1.94. The standard InChI is InChI=1S/C5H8N4S2/c1-3-4(11-9-8-3)2-10-5(6)7/h2H2,1H3,(H3,6,7). The molecule has 0 aliphatic rings. The number of hydrogen-bond acceptors (Lipinski definition) is 5. The van der Waals surface area contributed by atoms with Crippen LogP contribution in [0.25, 0.3) is 0 Å². The van der Waals surface area contributed by atoms with Gasteiger partial charge >= 0.3 is 0 Å². The van der Waals surface area contributed by atoms with Crippen LogP contribution in [0.1, 0.15) is 10.6 Å². The van der Waals surface area contributed by atoms with Crippen molar-refractivity contribution in [2.75, 3.05) is 0 Å². The van der Waals surface area contributed by atoms with Crippen LogP contribution >= 0.6 is 23.3 Å². The third-order valence-electron chi connectivity index (χ3n) is 1.10. The Morgan fingerprint density at radius 3 is 3.00 bits per heavy atom. The summed E-state index contributed by atoms with van der Waals surface area (Å²) in [6.45, 7) is 1.90. The van der Waals surface area contributed by atoms with E-state index in [4.69, 9.17) is 11.1 Å². The zero-order chi connectivity index (χ0) is 8.27. The first-order valence-corrected chi connectivity index (χ1v) is 4.70. The molecule has 0 fully saturated rings. The van der Waals surface area contributed by atoms with Crippen LogP contribution in [-0.4, -0.2) is 14.8 Å². The minimum absolute atomic E-state index is 0.137. The Labute approximate surface area is 72.9 Å². The Kier molecular flexibility index (Phi) is 2.84. The molecule has 0 aliphatic heterocycles. The summed E-state index contributed by atoms with van der Waals surface area (Å²) in [5, 5.41) is 10.9. The Morgan fingerprint density at radius 2 is 2.55 bits per heavy atom. The fraction of sp³-hybridized carbons (Fsp3) is 0.400. The van der Waals surface area contributed by atoms with Crippen LogP contribution in [0.2, 0.25) is 0 Å². The molecule has 0 saturated carbocycles. The maximum Gasteiger partial charge on any atom is 0.151 e. The number of aromatic nitrogens is 2. The van der Waals surface area contributed by atoms with Crippen LogP contribution < -0.4 is 5.73 Å². The molecule has 0 amide bonds. The summed E-state index contributed by atoms with van der Waals surface area (Å²) in [5.74, 6) is 0.707. The van der Waals surface area contributed by atoms with Gasteiger partial charge in [-0.3, -0.25) is 5.41 Å². The van der Waals surface area contributed by atoms with Gasteiger partial charge in [0, 0.05) is 5.75 Å². The summed E-state index contributed by atoms with van der Waals surface area (Å²) >= 11 is 2.65. The number of hydrogen-bond donors (Lipinski definition) is 2. The molecular weight excluding hydrogens is 180 g/mol. The summed E-state index contributed by atoms with van der Waals surface area (Å²) in [6.07, 6.45) is 0. The zero-order valence-corrected chi connectivity index (χ0v) is 7.63. The van der Waals surface area contributed by atoms with Crippen molar-refractivity contribution in [3.63, 3.8) is 0 Å². The van der Waals surface area contributed by atoms with Gasteiger partial charge in [-0.25, -0.2) is 0 Å². The first-order valence-electron chi connectivity index (χ1n) is 2.95. The van der Waals surface area contributed by atoms with Gasteiger partial charge in [0.25, 0.3) is 0 Å². The van der Waals surface area contributed by atoms with Gasteiger partial charge in [0.1, 0.15) is 0 Å². The third kappa shape index (κ3) is 2.47. The van der Waals surface area contributed by atoms with E-state index in [1.165, 1.54) is 23.3 Å². The first-order chi connectivity index (χ1) is 5.20. The maximum absolute atomic E-state index is 6.97. The second-order valence-corrected chi connectivity index (χ2v) is 3.79. The largest absolute Gasteiger partial charge is 0.379 e. The molecule has 1 aromatic heterocycles. The zero-order valence-electron chi connectivity index (χ0n) is 6.00. The summed E-state index contributed by atoms with van der Waals surface area (Å²) in [5.41, 5.74) is 6.10. The second-order valence-electron chi connectivity index (χ2n) is 1.93. The number of amidine groups is 1. The van der Waals surface area contributed by atoms with Crippen molar-refractivity contribution >= 4 is 28.5 Å². The van der Waals surface area contributed by atoms with Gasteiger partial charge in [-0.05, 0) is 18.5 Å². The Bertz CT molecular complexity index is 257. The number of aryl methyl sites for hydroxylation is 1. The van der Waals surface area contributed by atoms with Crippen LogP contribution in [0.4, 0.5) is 0 Å². The highest BCUT2D eigenvalue weighted by atomic mass is 32.2. The molecule has 1 heterocycles. The number of nitrogens with one attached hydrogen (secondary N) is 1. The molecule has 4 nitrogen and oxygen atoms in total. The van der Waals surface area contributed by atoms with Gasteiger partial charge in [0.05, 0.1) is 10.6 Å². The van der Waals surface area contributed by atoms with Crippen LogP contribution in [0.15, 0.2) is 0 Å². The van der Waals surface area contributed by atoms with Crippen LogP contribution in [0.3, 0.4) is 0 Å². The number of thioether (sulfide) groups is 1. The molecular formula is C5H8N4S2. The lowest BCUT2D eigenvalue weighted by atomic mass is 10.4. The van der Waals surface area contributed by atoms with Crippen LogP contribution in [0, 0.1) is 12.3 Å². The quantitative estimate of drug-likeness (QED) is 0.535. The molecule has 60 valence electrons. The highest BCUT2D eigenvalue weighted by Crippen LogP contribution is 2.16. The summed E-state index contributed by atoms with van der Waals surface area (Å²) in [4.78, 5) is 1.09. The van der Waals surface area contributed by atoms with E-state index in [0.29, 0.717) is 5.75 Å². The van der Waals surface area contributed by atoms with E-state index in [2.05, 4.69) is 9.59 Å². The molecule has 1 aromatic rings. The third-order valence-corrected chi connectivity index (χ3v) is 2.85. The maximum atomic E-state index is 6.97. The van der Waals surface area contributed by atoms with E-state index in [1.54, 1.807) is 0 Å². The van der Waals surface area contributed by atoms with Crippen molar-refractivity contribution in [2.45, 2.75) is 12.7 Å². The molecule has 0 radical (unpaired) electrons. The van der Waals surface area contributed by atoms with Crippen molar-refractivity contribution < 1.29 is 0 Å². The van der Waals surface area contributed by atoms with Gasteiger partial charge in [-0.1, -0.05) is 16.3 Å². The molecule has 0 atom stereocenters. The Hall–Kier alpha value is -0.620. The van der Waals surface area contributed by atoms with Crippen molar-refractivity contribution in [2.24, 2.45) is 5.73 Å². The molecule has 11 heavy (non-hydrogen) atoms. The second kappa shape index (κ2) is 3.68. The Morgan fingerprint density at radius 1 is 1.82 bits per heavy atom. The van der Waals surface area contributed by atoms with E-state index < -0.39 is 0 Å². The molecule has 0 spiro atoms. The summed E-state index contributed by atoms with van der Waals surface area (Å²) in [6, 6.07) is 0. The average Bonchev–Trinajstić information content (AvgIpc) is 2.31. The minimum atomic E-state index is 0.137. The molecule has 6 heteroatoms. The first kappa shape index (κ1) is 8.48. The molecule has 1 rings (SSSR count). The normalized spacial score (nSPS) is 9.91.